The maximum absolute atomic E-state index is 6.09. The fraction of sp³-hybridized carbons (Fsp3) is 0.400. The number of hydrogen-bond donors (Lipinski definition) is 1. The van der Waals surface area contributed by atoms with Gasteiger partial charge in [0.1, 0.15) is 11.6 Å². The molecule has 2 aromatic carbocycles. The van der Waals surface area contributed by atoms with Gasteiger partial charge in [0, 0.05) is 30.7 Å². The third-order valence-electron chi connectivity index (χ3n) is 5.52. The zero-order valence-corrected chi connectivity index (χ0v) is 17.9. The number of morpholine rings is 1. The van der Waals surface area contributed by atoms with E-state index in [0.717, 1.165) is 67.4 Å². The van der Waals surface area contributed by atoms with E-state index < -0.39 is 0 Å². The standard InChI is InChI=1S/C25H31N3O2/c1-19(2)20-7-9-21(10-8-20)26-25-12-11-22-23(27-25)5-3-6-24(22)30-16-4-13-28-14-17-29-18-15-28/h3,5-12,19H,4,13-18H2,1-2H3,(H,26,27). The number of nitrogens with one attached hydrogen (secondary N) is 1. The molecule has 0 spiro atoms. The Hall–Kier alpha value is -2.63. The molecule has 1 fully saturated rings. The molecule has 0 bridgehead atoms. The molecule has 1 aliphatic rings. The summed E-state index contributed by atoms with van der Waals surface area (Å²) in [6, 6.07) is 18.7. The molecule has 3 aromatic rings. The third-order valence-corrected chi connectivity index (χ3v) is 5.52. The highest BCUT2D eigenvalue weighted by atomic mass is 16.5. The van der Waals surface area contributed by atoms with Crippen LogP contribution in [0.5, 0.6) is 5.75 Å². The van der Waals surface area contributed by atoms with Crippen LogP contribution in [0, 0.1) is 0 Å². The van der Waals surface area contributed by atoms with E-state index in [1.807, 2.05) is 24.3 Å². The second-order valence-corrected chi connectivity index (χ2v) is 8.08. The molecule has 0 radical (unpaired) electrons. The van der Waals surface area contributed by atoms with Crippen molar-refractivity contribution in [2.75, 3.05) is 44.8 Å². The predicted molar refractivity (Wildman–Crippen MR) is 123 cm³/mol. The second kappa shape index (κ2) is 9.92. The molecule has 1 saturated heterocycles. The summed E-state index contributed by atoms with van der Waals surface area (Å²) in [5.74, 6) is 2.27. The summed E-state index contributed by atoms with van der Waals surface area (Å²) >= 11 is 0. The normalized spacial score (nSPS) is 14.9. The number of nitrogens with zero attached hydrogens (tertiary/aromatic N) is 2. The van der Waals surface area contributed by atoms with Crippen LogP contribution in [0.4, 0.5) is 11.5 Å². The lowest BCUT2D eigenvalue weighted by molar-refractivity contribution is 0.0358. The van der Waals surface area contributed by atoms with E-state index in [4.69, 9.17) is 14.5 Å². The van der Waals surface area contributed by atoms with E-state index in [-0.39, 0.29) is 0 Å². The van der Waals surface area contributed by atoms with Gasteiger partial charge in [-0.25, -0.2) is 4.98 Å². The van der Waals surface area contributed by atoms with Crippen molar-refractivity contribution in [3.63, 3.8) is 0 Å². The van der Waals surface area contributed by atoms with Crippen LogP contribution in [0.25, 0.3) is 10.9 Å². The molecule has 0 amide bonds. The number of fused-ring (bicyclic) bond motifs is 1. The zero-order valence-electron chi connectivity index (χ0n) is 17.9. The van der Waals surface area contributed by atoms with E-state index in [1.165, 1.54) is 5.56 Å². The van der Waals surface area contributed by atoms with Gasteiger partial charge in [-0.2, -0.15) is 0 Å². The van der Waals surface area contributed by atoms with E-state index in [1.54, 1.807) is 0 Å². The Morgan fingerprint density at radius 1 is 1.03 bits per heavy atom. The molecule has 5 heteroatoms. The van der Waals surface area contributed by atoms with Crippen LogP contribution >= 0.6 is 0 Å². The van der Waals surface area contributed by atoms with Crippen LogP contribution < -0.4 is 10.1 Å². The van der Waals surface area contributed by atoms with Gasteiger partial charge < -0.3 is 14.8 Å². The summed E-state index contributed by atoms with van der Waals surface area (Å²) in [5.41, 5.74) is 3.31. The molecular formula is C25H31N3O2. The SMILES string of the molecule is CC(C)c1ccc(Nc2ccc3c(OCCCN4CCOCC4)cccc3n2)cc1. The second-order valence-electron chi connectivity index (χ2n) is 8.08. The Bertz CT molecular complexity index is 950. The van der Waals surface area contributed by atoms with Gasteiger partial charge >= 0.3 is 0 Å². The minimum atomic E-state index is 0.533. The van der Waals surface area contributed by atoms with Crippen molar-refractivity contribution in [2.24, 2.45) is 0 Å². The Labute approximate surface area is 179 Å². The Morgan fingerprint density at radius 3 is 2.60 bits per heavy atom. The number of ether oxygens (including phenoxy) is 2. The maximum Gasteiger partial charge on any atom is 0.131 e. The number of anilines is 2. The van der Waals surface area contributed by atoms with E-state index in [2.05, 4.69) is 54.4 Å². The highest BCUT2D eigenvalue weighted by Crippen LogP contribution is 2.27. The molecule has 1 aromatic heterocycles. The lowest BCUT2D eigenvalue weighted by Crippen LogP contribution is -2.37. The fourth-order valence-electron chi connectivity index (χ4n) is 3.72. The molecule has 158 valence electrons. The first-order valence-corrected chi connectivity index (χ1v) is 10.9. The molecule has 1 N–H and O–H groups in total. The highest BCUT2D eigenvalue weighted by molar-refractivity contribution is 5.86. The van der Waals surface area contributed by atoms with Crippen molar-refractivity contribution in [1.29, 1.82) is 0 Å². The van der Waals surface area contributed by atoms with Gasteiger partial charge in [-0.15, -0.1) is 0 Å². The lowest BCUT2D eigenvalue weighted by Gasteiger charge is -2.26. The smallest absolute Gasteiger partial charge is 0.131 e. The topological polar surface area (TPSA) is 46.6 Å². The molecule has 4 rings (SSSR count). The first-order valence-electron chi connectivity index (χ1n) is 10.9. The number of aromatic nitrogens is 1. The van der Waals surface area contributed by atoms with Crippen molar-refractivity contribution >= 4 is 22.4 Å². The van der Waals surface area contributed by atoms with Crippen LogP contribution in [0.15, 0.2) is 54.6 Å². The molecule has 0 aliphatic carbocycles. The minimum Gasteiger partial charge on any atom is -0.493 e. The summed E-state index contributed by atoms with van der Waals surface area (Å²) in [5, 5.41) is 4.45. The van der Waals surface area contributed by atoms with Crippen LogP contribution in [0.3, 0.4) is 0 Å². The Morgan fingerprint density at radius 2 is 1.83 bits per heavy atom. The van der Waals surface area contributed by atoms with Crippen molar-refractivity contribution < 1.29 is 9.47 Å². The van der Waals surface area contributed by atoms with Crippen molar-refractivity contribution in [3.8, 4) is 5.75 Å². The van der Waals surface area contributed by atoms with Gasteiger partial charge in [0.2, 0.25) is 0 Å². The van der Waals surface area contributed by atoms with Crippen molar-refractivity contribution in [2.45, 2.75) is 26.2 Å². The van der Waals surface area contributed by atoms with Crippen LogP contribution in [0.1, 0.15) is 31.7 Å². The third kappa shape index (κ3) is 5.29. The minimum absolute atomic E-state index is 0.533. The average molecular weight is 406 g/mol. The van der Waals surface area contributed by atoms with Crippen LogP contribution in [-0.2, 0) is 4.74 Å². The van der Waals surface area contributed by atoms with E-state index >= 15 is 0 Å². The van der Waals surface area contributed by atoms with Gasteiger partial charge in [-0.05, 0) is 54.3 Å². The zero-order chi connectivity index (χ0) is 20.8. The summed E-state index contributed by atoms with van der Waals surface area (Å²) < 4.78 is 11.5. The van der Waals surface area contributed by atoms with Gasteiger partial charge in [0.05, 0.1) is 25.3 Å². The highest BCUT2D eigenvalue weighted by Gasteiger charge is 2.10. The maximum atomic E-state index is 6.09. The molecule has 0 unspecified atom stereocenters. The van der Waals surface area contributed by atoms with Gasteiger partial charge in [-0.1, -0.05) is 32.0 Å². The first-order chi connectivity index (χ1) is 14.7. The van der Waals surface area contributed by atoms with Gasteiger partial charge in [-0.3, -0.25) is 4.90 Å². The van der Waals surface area contributed by atoms with Gasteiger partial charge in [0.25, 0.3) is 0 Å². The number of pyridine rings is 1. The molecule has 2 heterocycles. The number of rotatable bonds is 8. The molecular weight excluding hydrogens is 374 g/mol. The predicted octanol–water partition coefficient (Wildman–Crippen LogP) is 5.20. The van der Waals surface area contributed by atoms with Crippen LogP contribution in [0.2, 0.25) is 0 Å². The molecule has 0 atom stereocenters. The van der Waals surface area contributed by atoms with E-state index in [9.17, 15) is 0 Å². The Kier molecular flexibility index (Phi) is 6.82. The molecule has 0 saturated carbocycles. The van der Waals surface area contributed by atoms with Crippen molar-refractivity contribution in [3.05, 3.63) is 60.2 Å². The average Bonchev–Trinajstić information content (AvgIpc) is 2.78. The monoisotopic (exact) mass is 405 g/mol. The molecule has 5 nitrogen and oxygen atoms in total. The summed E-state index contributed by atoms with van der Waals surface area (Å²) in [6.45, 7) is 9.89. The van der Waals surface area contributed by atoms with Crippen LogP contribution in [-0.4, -0.2) is 49.3 Å². The molecule has 1 aliphatic heterocycles. The first kappa shape index (κ1) is 20.6. The fourth-order valence-corrected chi connectivity index (χ4v) is 3.72. The number of hydrogen-bond acceptors (Lipinski definition) is 5. The Balaban J connectivity index is 1.37. The number of benzene rings is 2. The van der Waals surface area contributed by atoms with Gasteiger partial charge in [0.15, 0.2) is 0 Å². The quantitative estimate of drug-likeness (QED) is 0.522. The summed E-state index contributed by atoms with van der Waals surface area (Å²) in [4.78, 5) is 7.21. The largest absolute Gasteiger partial charge is 0.493 e. The lowest BCUT2D eigenvalue weighted by atomic mass is 10.0. The van der Waals surface area contributed by atoms with E-state index in [0.29, 0.717) is 12.5 Å². The van der Waals surface area contributed by atoms with Crippen molar-refractivity contribution in [1.82, 2.24) is 9.88 Å². The molecule has 30 heavy (non-hydrogen) atoms. The summed E-state index contributed by atoms with van der Waals surface area (Å²) in [6.07, 6.45) is 1.01. The summed E-state index contributed by atoms with van der Waals surface area (Å²) in [7, 11) is 0.